The first kappa shape index (κ1) is 13.9. The summed E-state index contributed by atoms with van der Waals surface area (Å²) in [6.45, 7) is 0. The van der Waals surface area contributed by atoms with Crippen LogP contribution in [0.3, 0.4) is 0 Å². The lowest BCUT2D eigenvalue weighted by Gasteiger charge is -2.01. The third kappa shape index (κ3) is 2.83. The number of hydrogen-bond acceptors (Lipinski definition) is 4. The van der Waals surface area contributed by atoms with Gasteiger partial charge in [0.15, 0.2) is 17.3 Å². The van der Waals surface area contributed by atoms with Gasteiger partial charge in [-0.1, -0.05) is 60.7 Å². The molecule has 0 fully saturated rings. The summed E-state index contributed by atoms with van der Waals surface area (Å²) in [5.41, 5.74) is 1.95. The minimum absolute atomic E-state index is 0.190. The maximum absolute atomic E-state index is 12.3. The van der Waals surface area contributed by atoms with E-state index in [9.17, 15) is 9.59 Å². The van der Waals surface area contributed by atoms with E-state index in [4.69, 9.17) is 0 Å². The summed E-state index contributed by atoms with van der Waals surface area (Å²) >= 11 is 0. The third-order valence-electron chi connectivity index (χ3n) is 3.28. The normalized spacial score (nSPS) is 10.4. The Morgan fingerprint density at radius 3 is 2.14 bits per heavy atom. The Labute approximate surface area is 127 Å². The zero-order valence-electron chi connectivity index (χ0n) is 11.7. The molecule has 5 nitrogen and oxygen atoms in total. The van der Waals surface area contributed by atoms with Crippen LogP contribution in [-0.2, 0) is 0 Å². The van der Waals surface area contributed by atoms with Crippen molar-refractivity contribution in [2.24, 2.45) is 0 Å². The van der Waals surface area contributed by atoms with Gasteiger partial charge in [0.2, 0.25) is 0 Å². The number of benzene rings is 2. The molecule has 0 saturated carbocycles. The zero-order valence-corrected chi connectivity index (χ0v) is 11.7. The Hall–Kier alpha value is -3.08. The average Bonchev–Trinajstić information content (AvgIpc) is 3.06. The second-order valence-electron chi connectivity index (χ2n) is 4.78. The van der Waals surface area contributed by atoms with Gasteiger partial charge < -0.3 is 0 Å². The van der Waals surface area contributed by atoms with Crippen LogP contribution in [0.15, 0.2) is 60.7 Å². The summed E-state index contributed by atoms with van der Waals surface area (Å²) in [7, 11) is 0. The molecule has 0 spiro atoms. The molecule has 1 aromatic heterocycles. The van der Waals surface area contributed by atoms with Crippen LogP contribution in [0.1, 0.15) is 27.3 Å². The number of H-pyrrole nitrogens is 1. The molecule has 22 heavy (non-hydrogen) atoms. The van der Waals surface area contributed by atoms with Crippen molar-refractivity contribution in [3.05, 3.63) is 71.9 Å². The molecule has 3 aromatic rings. The molecule has 1 heterocycles. The van der Waals surface area contributed by atoms with Crippen molar-refractivity contribution in [2.45, 2.75) is 6.42 Å². The summed E-state index contributed by atoms with van der Waals surface area (Å²) in [5, 5.41) is 10.4. The summed E-state index contributed by atoms with van der Waals surface area (Å²) in [5.74, 6) is -0.575. The lowest BCUT2D eigenvalue weighted by atomic mass is 10.0. The van der Waals surface area contributed by atoms with Gasteiger partial charge >= 0.3 is 0 Å². The first-order valence-corrected chi connectivity index (χ1v) is 6.83. The number of Topliss-reactive ketones (excluding diaryl/α,β-unsaturated/α-hetero) is 2. The van der Waals surface area contributed by atoms with Crippen LogP contribution in [0, 0.1) is 0 Å². The van der Waals surface area contributed by atoms with Gasteiger partial charge in [0, 0.05) is 11.1 Å². The number of rotatable bonds is 5. The number of carbonyl (C=O) groups is 2. The Balaban J connectivity index is 1.82. The summed E-state index contributed by atoms with van der Waals surface area (Å²) in [4.78, 5) is 24.5. The smallest absolute Gasteiger partial charge is 0.193 e. The Kier molecular flexibility index (Phi) is 3.87. The average molecular weight is 291 g/mol. The van der Waals surface area contributed by atoms with E-state index in [1.54, 1.807) is 24.3 Å². The maximum Gasteiger partial charge on any atom is 0.193 e. The van der Waals surface area contributed by atoms with Gasteiger partial charge in [-0.05, 0) is 0 Å². The molecule has 0 aliphatic rings. The summed E-state index contributed by atoms with van der Waals surface area (Å²) < 4.78 is 0. The molecule has 1 N–H and O–H groups in total. The van der Waals surface area contributed by atoms with Gasteiger partial charge in [0.1, 0.15) is 5.69 Å². The molecule has 0 saturated heterocycles. The van der Waals surface area contributed by atoms with Crippen LogP contribution in [0.5, 0.6) is 0 Å². The molecule has 0 atom stereocenters. The molecular formula is C17H13N3O2. The molecule has 0 amide bonds. The van der Waals surface area contributed by atoms with E-state index < -0.39 is 0 Å². The van der Waals surface area contributed by atoms with Crippen molar-refractivity contribution in [2.75, 3.05) is 0 Å². The SMILES string of the molecule is O=C(CC(=O)c1n[nH]nc1-c1ccccc1)c1ccccc1. The molecule has 0 radical (unpaired) electrons. The lowest BCUT2D eigenvalue weighted by Crippen LogP contribution is -2.10. The molecule has 0 aliphatic carbocycles. The molecule has 3 rings (SSSR count). The van der Waals surface area contributed by atoms with Gasteiger partial charge in [0.25, 0.3) is 0 Å². The Morgan fingerprint density at radius 1 is 0.818 bits per heavy atom. The fraction of sp³-hybridized carbons (Fsp3) is 0.0588. The molecule has 2 aromatic carbocycles. The standard InChI is InChI=1S/C17H13N3O2/c21-14(12-7-3-1-4-8-12)11-15(22)17-16(18-20-19-17)13-9-5-2-6-10-13/h1-10H,11H2,(H,18,19,20). The van der Waals surface area contributed by atoms with Crippen molar-refractivity contribution in [3.63, 3.8) is 0 Å². The number of nitrogens with one attached hydrogen (secondary N) is 1. The van der Waals surface area contributed by atoms with E-state index >= 15 is 0 Å². The van der Waals surface area contributed by atoms with E-state index in [0.717, 1.165) is 5.56 Å². The van der Waals surface area contributed by atoms with Crippen molar-refractivity contribution in [3.8, 4) is 11.3 Å². The quantitative estimate of drug-likeness (QED) is 0.579. The predicted octanol–water partition coefficient (Wildman–Crippen LogP) is 2.93. The highest BCUT2D eigenvalue weighted by molar-refractivity contribution is 6.14. The van der Waals surface area contributed by atoms with Crippen LogP contribution < -0.4 is 0 Å². The van der Waals surface area contributed by atoms with Crippen LogP contribution in [-0.4, -0.2) is 27.0 Å². The molecule has 0 aliphatic heterocycles. The topological polar surface area (TPSA) is 75.7 Å². The van der Waals surface area contributed by atoms with Gasteiger partial charge in [-0.3, -0.25) is 9.59 Å². The largest absolute Gasteiger partial charge is 0.294 e. The lowest BCUT2D eigenvalue weighted by molar-refractivity contribution is 0.0892. The first-order chi connectivity index (χ1) is 10.8. The van der Waals surface area contributed by atoms with E-state index in [0.29, 0.717) is 11.3 Å². The zero-order chi connectivity index (χ0) is 15.4. The number of carbonyl (C=O) groups excluding carboxylic acids is 2. The number of ketones is 2. The summed E-state index contributed by atoms with van der Waals surface area (Å²) in [6, 6.07) is 18.0. The van der Waals surface area contributed by atoms with Crippen LogP contribution >= 0.6 is 0 Å². The third-order valence-corrected chi connectivity index (χ3v) is 3.28. The Bertz CT molecular complexity index is 795. The van der Waals surface area contributed by atoms with E-state index in [1.165, 1.54) is 0 Å². The number of hydrogen-bond donors (Lipinski definition) is 1. The van der Waals surface area contributed by atoms with Gasteiger partial charge in [-0.25, -0.2) is 0 Å². The molecular weight excluding hydrogens is 278 g/mol. The molecule has 108 valence electrons. The number of aromatic amines is 1. The minimum atomic E-state index is -0.346. The first-order valence-electron chi connectivity index (χ1n) is 6.83. The van der Waals surface area contributed by atoms with Crippen LogP contribution in [0.4, 0.5) is 0 Å². The molecule has 5 heteroatoms. The van der Waals surface area contributed by atoms with Gasteiger partial charge in [-0.2, -0.15) is 15.4 Å². The fourth-order valence-electron chi connectivity index (χ4n) is 2.18. The number of aromatic nitrogens is 3. The molecule has 0 unspecified atom stereocenters. The Morgan fingerprint density at radius 2 is 1.45 bits per heavy atom. The highest BCUT2D eigenvalue weighted by Crippen LogP contribution is 2.20. The van der Waals surface area contributed by atoms with Gasteiger partial charge in [-0.15, -0.1) is 0 Å². The second kappa shape index (κ2) is 6.13. The monoisotopic (exact) mass is 291 g/mol. The predicted molar refractivity (Wildman–Crippen MR) is 81.5 cm³/mol. The fourth-order valence-corrected chi connectivity index (χ4v) is 2.18. The van der Waals surface area contributed by atoms with Gasteiger partial charge in [0.05, 0.1) is 6.42 Å². The minimum Gasteiger partial charge on any atom is -0.294 e. The maximum atomic E-state index is 12.3. The highest BCUT2D eigenvalue weighted by Gasteiger charge is 2.20. The van der Waals surface area contributed by atoms with Crippen LogP contribution in [0.2, 0.25) is 0 Å². The van der Waals surface area contributed by atoms with Crippen LogP contribution in [0.25, 0.3) is 11.3 Å². The van der Waals surface area contributed by atoms with Crippen molar-refractivity contribution in [1.82, 2.24) is 15.4 Å². The summed E-state index contributed by atoms with van der Waals surface area (Å²) in [6.07, 6.45) is -0.226. The number of nitrogens with zero attached hydrogens (tertiary/aromatic N) is 2. The van der Waals surface area contributed by atoms with Crippen molar-refractivity contribution < 1.29 is 9.59 Å². The highest BCUT2D eigenvalue weighted by atomic mass is 16.1. The second-order valence-corrected chi connectivity index (χ2v) is 4.78. The molecule has 0 bridgehead atoms. The van der Waals surface area contributed by atoms with Crippen molar-refractivity contribution in [1.29, 1.82) is 0 Å². The van der Waals surface area contributed by atoms with E-state index in [-0.39, 0.29) is 23.7 Å². The van der Waals surface area contributed by atoms with Crippen molar-refractivity contribution >= 4 is 11.6 Å². The van der Waals surface area contributed by atoms with E-state index in [1.807, 2.05) is 36.4 Å². The van der Waals surface area contributed by atoms with E-state index in [2.05, 4.69) is 15.4 Å².